The minimum atomic E-state index is -4.71. The van der Waals surface area contributed by atoms with Crippen LogP contribution in [-0.4, -0.2) is 40.2 Å². The van der Waals surface area contributed by atoms with Crippen molar-refractivity contribution < 1.29 is 46.1 Å². The Kier molecular flexibility index (Phi) is 10.8. The Morgan fingerprint density at radius 1 is 0.822 bits per heavy atom. The number of alkyl halides is 6. The van der Waals surface area contributed by atoms with Crippen LogP contribution in [0.15, 0.2) is 30.3 Å². The van der Waals surface area contributed by atoms with Gasteiger partial charge >= 0.3 is 18.3 Å². The van der Waals surface area contributed by atoms with Crippen molar-refractivity contribution in [2.75, 3.05) is 0 Å². The van der Waals surface area contributed by atoms with E-state index in [9.17, 15) is 36.2 Å². The zero-order valence-corrected chi connectivity index (χ0v) is 27.5. The molecule has 3 aliphatic carbocycles. The lowest BCUT2D eigenvalue weighted by atomic mass is 9.88. The molecule has 2 N–H and O–H groups in total. The van der Waals surface area contributed by atoms with Crippen LogP contribution in [0.25, 0.3) is 10.8 Å². The van der Waals surface area contributed by atoms with E-state index >= 15 is 0 Å². The predicted octanol–water partition coefficient (Wildman–Crippen LogP) is 9.69. The molecule has 5 rings (SSSR count). The maximum Gasteiger partial charge on any atom is 0.421 e. The number of carbonyl (C=O) groups excluding carboxylic acids is 1. The third kappa shape index (κ3) is 7.47. The first-order valence-electron chi connectivity index (χ1n) is 15.8. The number of rotatable bonds is 5. The first kappa shape index (κ1) is 37.1. The van der Waals surface area contributed by atoms with Crippen LogP contribution < -0.4 is 0 Å². The quantitative estimate of drug-likeness (QED) is 0.251. The molecule has 10 heteroatoms. The summed E-state index contributed by atoms with van der Waals surface area (Å²) in [5.41, 5.74) is -3.62. The molecule has 7 unspecified atom stereocenters. The second kappa shape index (κ2) is 13.1. The second-order valence-corrected chi connectivity index (χ2v) is 14.1. The topological polar surface area (TPSA) is 66.8 Å². The Labute approximate surface area is 262 Å². The Morgan fingerprint density at radius 3 is 1.82 bits per heavy atom. The summed E-state index contributed by atoms with van der Waals surface area (Å²) in [6, 6.07) is 8.56. The van der Waals surface area contributed by atoms with Gasteiger partial charge in [0.1, 0.15) is 6.10 Å². The van der Waals surface area contributed by atoms with E-state index in [2.05, 4.69) is 13.8 Å². The van der Waals surface area contributed by atoms with Gasteiger partial charge in [-0.05, 0) is 112 Å². The highest BCUT2D eigenvalue weighted by atomic mass is 19.4. The third-order valence-corrected chi connectivity index (χ3v) is 10.6. The van der Waals surface area contributed by atoms with Gasteiger partial charge in [-0.1, -0.05) is 58.0 Å². The van der Waals surface area contributed by atoms with Crippen LogP contribution in [0.2, 0.25) is 0 Å². The molecule has 0 heterocycles. The molecule has 0 spiro atoms. The summed E-state index contributed by atoms with van der Waals surface area (Å²) < 4.78 is 79.9. The van der Waals surface area contributed by atoms with Crippen LogP contribution in [-0.2, 0) is 15.1 Å². The first-order chi connectivity index (χ1) is 20.5. The SMILES string of the molecule is CC1c2cccc3c(C(C)(O)C(F)(F)F)ccc(c23)C1C.CCC(C)(C)C(=O)OC1CC2CCC1C2.CCC(C)(O)C(F)(F)F. The summed E-state index contributed by atoms with van der Waals surface area (Å²) in [4.78, 5) is 11.9. The van der Waals surface area contributed by atoms with E-state index in [0.29, 0.717) is 11.3 Å². The lowest BCUT2D eigenvalue weighted by Crippen LogP contribution is -2.41. The number of benzene rings is 2. The molecule has 0 saturated heterocycles. The Morgan fingerprint density at radius 2 is 1.40 bits per heavy atom. The molecule has 2 aromatic rings. The van der Waals surface area contributed by atoms with Crippen LogP contribution in [0, 0.1) is 17.3 Å². The van der Waals surface area contributed by atoms with Crippen molar-refractivity contribution in [2.45, 2.75) is 135 Å². The molecule has 7 atom stereocenters. The highest BCUT2D eigenvalue weighted by Gasteiger charge is 2.52. The maximum atomic E-state index is 13.2. The Hall–Kier alpha value is -2.33. The number of hydrogen-bond donors (Lipinski definition) is 2. The van der Waals surface area contributed by atoms with Gasteiger partial charge in [-0.25, -0.2) is 0 Å². The zero-order chi connectivity index (χ0) is 34.3. The molecule has 2 saturated carbocycles. The lowest BCUT2D eigenvalue weighted by molar-refractivity contribution is -0.258. The van der Waals surface area contributed by atoms with Crippen molar-refractivity contribution >= 4 is 16.7 Å². The standard InChI is InChI=1S/C17H17F3O.C13H22O2.C5H9F3O/c1-9-10(2)12-7-8-14(16(3,21)17(18,19)20)13-6-4-5-11(9)15(12)13;1-4-13(2,3)12(14)15-11-8-9-5-6-10(11)7-9;1-3-4(2,9)5(6,7)8/h4-10,21H,1-3H3;9-11H,4-8H2,1-3H3;9H,3H2,1-2H3. The molecule has 0 aliphatic heterocycles. The highest BCUT2D eigenvalue weighted by molar-refractivity contribution is 5.95. The smallest absolute Gasteiger partial charge is 0.421 e. The van der Waals surface area contributed by atoms with Gasteiger partial charge in [0.2, 0.25) is 0 Å². The van der Waals surface area contributed by atoms with Crippen LogP contribution in [0.4, 0.5) is 26.3 Å². The molecule has 2 bridgehead atoms. The number of carbonyl (C=O) groups is 1. The van der Waals surface area contributed by atoms with E-state index in [4.69, 9.17) is 9.84 Å². The van der Waals surface area contributed by atoms with E-state index in [1.54, 1.807) is 18.2 Å². The van der Waals surface area contributed by atoms with Crippen molar-refractivity contribution in [2.24, 2.45) is 17.3 Å². The van der Waals surface area contributed by atoms with Crippen LogP contribution in [0.5, 0.6) is 0 Å². The highest BCUT2D eigenvalue weighted by Crippen LogP contribution is 2.50. The molecule has 45 heavy (non-hydrogen) atoms. The zero-order valence-electron chi connectivity index (χ0n) is 27.5. The number of esters is 1. The molecule has 254 valence electrons. The van der Waals surface area contributed by atoms with Gasteiger partial charge in [0.15, 0.2) is 11.2 Å². The van der Waals surface area contributed by atoms with Gasteiger partial charge in [-0.15, -0.1) is 0 Å². The largest absolute Gasteiger partial charge is 0.462 e. The maximum absolute atomic E-state index is 13.2. The average molecular weight is 647 g/mol. The molecule has 4 nitrogen and oxygen atoms in total. The van der Waals surface area contributed by atoms with Crippen LogP contribution >= 0.6 is 0 Å². The van der Waals surface area contributed by atoms with Gasteiger partial charge in [-0.2, -0.15) is 26.3 Å². The molecule has 2 aromatic carbocycles. The normalized spacial score (nSPS) is 26.7. The van der Waals surface area contributed by atoms with E-state index in [1.165, 1.54) is 32.3 Å². The van der Waals surface area contributed by atoms with Crippen molar-refractivity contribution in [3.63, 3.8) is 0 Å². The second-order valence-electron chi connectivity index (χ2n) is 14.1. The molecule has 0 radical (unpaired) electrons. The number of ether oxygens (including phenoxy) is 1. The van der Waals surface area contributed by atoms with Crippen molar-refractivity contribution in [1.29, 1.82) is 0 Å². The molecule has 2 fully saturated rings. The van der Waals surface area contributed by atoms with E-state index in [1.807, 2.05) is 26.8 Å². The summed E-state index contributed by atoms with van der Waals surface area (Å²) in [5.74, 6) is 2.07. The number of fused-ring (bicyclic) bond motifs is 2. The number of halogens is 6. The Balaban J connectivity index is 0.000000201. The van der Waals surface area contributed by atoms with Gasteiger partial charge < -0.3 is 14.9 Å². The Bertz CT molecular complexity index is 1330. The summed E-state index contributed by atoms with van der Waals surface area (Å²) in [6.07, 6.45) is -3.37. The molecular weight excluding hydrogens is 598 g/mol. The fourth-order valence-electron chi connectivity index (χ4n) is 6.31. The number of hydrogen-bond acceptors (Lipinski definition) is 4. The van der Waals surface area contributed by atoms with E-state index in [0.717, 1.165) is 49.1 Å². The molecule has 0 amide bonds. The van der Waals surface area contributed by atoms with Crippen LogP contribution in [0.1, 0.15) is 122 Å². The summed E-state index contributed by atoms with van der Waals surface area (Å²) in [6.45, 7) is 13.0. The van der Waals surface area contributed by atoms with E-state index < -0.39 is 23.6 Å². The van der Waals surface area contributed by atoms with E-state index in [-0.39, 0.29) is 41.3 Å². The fourth-order valence-corrected chi connectivity index (χ4v) is 6.31. The molecule has 0 aromatic heterocycles. The molecular formula is C35H48F6O4. The third-order valence-electron chi connectivity index (χ3n) is 10.6. The monoisotopic (exact) mass is 646 g/mol. The van der Waals surface area contributed by atoms with Gasteiger partial charge in [0, 0.05) is 5.56 Å². The number of aliphatic hydroxyl groups is 2. The predicted molar refractivity (Wildman–Crippen MR) is 163 cm³/mol. The molecule has 3 aliphatic rings. The van der Waals surface area contributed by atoms with Crippen LogP contribution in [0.3, 0.4) is 0 Å². The first-order valence-corrected chi connectivity index (χ1v) is 15.8. The minimum Gasteiger partial charge on any atom is -0.462 e. The van der Waals surface area contributed by atoms with Crippen molar-refractivity contribution in [1.82, 2.24) is 0 Å². The summed E-state index contributed by atoms with van der Waals surface area (Å²) >= 11 is 0. The lowest BCUT2D eigenvalue weighted by Gasteiger charge is -2.28. The van der Waals surface area contributed by atoms with Crippen molar-refractivity contribution in [3.05, 3.63) is 47.0 Å². The fraction of sp³-hybridized carbons (Fsp3) is 0.686. The summed E-state index contributed by atoms with van der Waals surface area (Å²) in [7, 11) is 0. The summed E-state index contributed by atoms with van der Waals surface area (Å²) in [5, 5.41) is 19.9. The van der Waals surface area contributed by atoms with Gasteiger partial charge in [0.05, 0.1) is 5.41 Å². The van der Waals surface area contributed by atoms with Gasteiger partial charge in [-0.3, -0.25) is 4.79 Å². The minimum absolute atomic E-state index is 0.00236. The average Bonchev–Trinajstić information content (AvgIpc) is 3.64. The van der Waals surface area contributed by atoms with Gasteiger partial charge in [0.25, 0.3) is 0 Å². The van der Waals surface area contributed by atoms with Crippen molar-refractivity contribution in [3.8, 4) is 0 Å².